The molecule has 0 atom stereocenters. The van der Waals surface area contributed by atoms with Crippen LogP contribution in [0, 0.1) is 0 Å². The third-order valence-electron chi connectivity index (χ3n) is 2.56. The van der Waals surface area contributed by atoms with Crippen LogP contribution in [-0.2, 0) is 0 Å². The second-order valence-electron chi connectivity index (χ2n) is 4.40. The normalized spacial score (nSPS) is 11.5. The first-order valence-corrected chi connectivity index (χ1v) is 6.62. The molecule has 0 aliphatic heterocycles. The molecule has 0 fully saturated rings. The Balaban J connectivity index is 2.47. The number of nitrogens with zero attached hydrogens (tertiary/aromatic N) is 2. The summed E-state index contributed by atoms with van der Waals surface area (Å²) in [5.74, 6) is 0.282. The van der Waals surface area contributed by atoms with Crippen molar-refractivity contribution in [2.75, 3.05) is 14.1 Å². The van der Waals surface area contributed by atoms with Crippen LogP contribution in [0.25, 0.3) is 5.57 Å². The van der Waals surface area contributed by atoms with Gasteiger partial charge in [0.2, 0.25) is 0 Å². The standard InChI is InChI=1S/C14H13Cl2N3O/c1-19(2)8-11(14-17-5-6-18-14)13(20)10-4-3-9(15)7-12(10)16/h3-8H,1-2H3,(H,17,18)/b11-8-. The van der Waals surface area contributed by atoms with Crippen LogP contribution < -0.4 is 0 Å². The van der Waals surface area contributed by atoms with Crippen LogP contribution >= 0.6 is 23.2 Å². The van der Waals surface area contributed by atoms with Gasteiger partial charge in [0.1, 0.15) is 5.82 Å². The van der Waals surface area contributed by atoms with Crippen LogP contribution in [-0.4, -0.2) is 34.7 Å². The molecule has 0 saturated heterocycles. The molecule has 0 aliphatic rings. The molecule has 20 heavy (non-hydrogen) atoms. The molecular formula is C14H13Cl2N3O. The quantitative estimate of drug-likeness (QED) is 0.694. The van der Waals surface area contributed by atoms with Gasteiger partial charge in [0.15, 0.2) is 5.78 Å². The smallest absolute Gasteiger partial charge is 0.199 e. The van der Waals surface area contributed by atoms with Gasteiger partial charge in [0, 0.05) is 43.3 Å². The summed E-state index contributed by atoms with van der Waals surface area (Å²) in [5, 5.41) is 0.807. The summed E-state index contributed by atoms with van der Waals surface area (Å²) >= 11 is 11.9. The summed E-state index contributed by atoms with van der Waals surface area (Å²) in [7, 11) is 3.67. The Kier molecular flexibility index (Phi) is 4.47. The lowest BCUT2D eigenvalue weighted by Gasteiger charge is -2.10. The number of carbonyl (C=O) groups excluding carboxylic acids is 1. The molecule has 1 aromatic carbocycles. The van der Waals surface area contributed by atoms with Crippen molar-refractivity contribution in [2.24, 2.45) is 0 Å². The van der Waals surface area contributed by atoms with Gasteiger partial charge >= 0.3 is 0 Å². The molecule has 1 heterocycles. The number of aromatic amines is 1. The molecule has 0 saturated carbocycles. The number of halogens is 2. The summed E-state index contributed by atoms with van der Waals surface area (Å²) in [4.78, 5) is 21.5. The lowest BCUT2D eigenvalue weighted by atomic mass is 10.0. The minimum atomic E-state index is -0.213. The van der Waals surface area contributed by atoms with Crippen molar-refractivity contribution >= 4 is 34.6 Å². The molecule has 0 aliphatic carbocycles. The molecule has 2 aromatic rings. The third kappa shape index (κ3) is 3.21. The van der Waals surface area contributed by atoms with Crippen molar-refractivity contribution in [3.8, 4) is 0 Å². The van der Waals surface area contributed by atoms with Gasteiger partial charge < -0.3 is 9.88 Å². The number of H-pyrrole nitrogens is 1. The second-order valence-corrected chi connectivity index (χ2v) is 5.24. The summed E-state index contributed by atoms with van der Waals surface area (Å²) < 4.78 is 0. The van der Waals surface area contributed by atoms with Gasteiger partial charge in [0.25, 0.3) is 0 Å². The van der Waals surface area contributed by atoms with E-state index in [1.807, 2.05) is 14.1 Å². The average Bonchev–Trinajstić information content (AvgIpc) is 2.88. The molecule has 6 heteroatoms. The molecule has 0 spiro atoms. The van der Waals surface area contributed by atoms with E-state index < -0.39 is 0 Å². The molecule has 104 valence electrons. The molecule has 1 N–H and O–H groups in total. The number of benzene rings is 1. The molecule has 0 unspecified atom stereocenters. The lowest BCUT2D eigenvalue weighted by molar-refractivity contribution is 0.105. The zero-order valence-corrected chi connectivity index (χ0v) is 12.5. The van der Waals surface area contributed by atoms with Crippen LogP contribution in [0.4, 0.5) is 0 Å². The molecular weight excluding hydrogens is 297 g/mol. The van der Waals surface area contributed by atoms with E-state index in [4.69, 9.17) is 23.2 Å². The van der Waals surface area contributed by atoms with E-state index in [1.165, 1.54) is 0 Å². The van der Waals surface area contributed by atoms with Crippen LogP contribution in [0.3, 0.4) is 0 Å². The van der Waals surface area contributed by atoms with Gasteiger partial charge in [-0.25, -0.2) is 4.98 Å². The van der Waals surface area contributed by atoms with Gasteiger partial charge in [-0.2, -0.15) is 0 Å². The number of Topliss-reactive ketones (excluding diaryl/α,β-unsaturated/α-hetero) is 1. The van der Waals surface area contributed by atoms with Gasteiger partial charge in [-0.1, -0.05) is 23.2 Å². The van der Waals surface area contributed by atoms with E-state index >= 15 is 0 Å². The van der Waals surface area contributed by atoms with Crippen molar-refractivity contribution in [3.05, 3.63) is 58.2 Å². The Morgan fingerprint density at radius 2 is 2.10 bits per heavy atom. The van der Waals surface area contributed by atoms with Gasteiger partial charge in [0.05, 0.1) is 10.6 Å². The Morgan fingerprint density at radius 3 is 2.65 bits per heavy atom. The molecule has 4 nitrogen and oxygen atoms in total. The highest BCUT2D eigenvalue weighted by molar-refractivity contribution is 6.40. The van der Waals surface area contributed by atoms with Crippen LogP contribution in [0.2, 0.25) is 10.0 Å². The number of hydrogen-bond donors (Lipinski definition) is 1. The predicted octanol–water partition coefficient (Wildman–Crippen LogP) is 3.50. The number of ketones is 1. The zero-order chi connectivity index (χ0) is 14.7. The van der Waals surface area contributed by atoms with E-state index in [0.717, 1.165) is 0 Å². The Hall–Kier alpha value is -1.78. The second kappa shape index (κ2) is 6.11. The van der Waals surface area contributed by atoms with Crippen LogP contribution in [0.1, 0.15) is 16.2 Å². The molecule has 0 amide bonds. The Morgan fingerprint density at radius 1 is 1.35 bits per heavy atom. The monoisotopic (exact) mass is 309 g/mol. The van der Waals surface area contributed by atoms with Gasteiger partial charge in [-0.3, -0.25) is 4.79 Å². The fourth-order valence-corrected chi connectivity index (χ4v) is 2.21. The van der Waals surface area contributed by atoms with E-state index in [1.54, 1.807) is 41.7 Å². The number of rotatable bonds is 4. The van der Waals surface area contributed by atoms with E-state index in [2.05, 4.69) is 9.97 Å². The fraction of sp³-hybridized carbons (Fsp3) is 0.143. The van der Waals surface area contributed by atoms with E-state index in [0.29, 0.717) is 27.0 Å². The number of allylic oxidation sites excluding steroid dienone is 1. The molecule has 2 rings (SSSR count). The number of imidazole rings is 1. The van der Waals surface area contributed by atoms with Crippen molar-refractivity contribution < 1.29 is 4.79 Å². The minimum absolute atomic E-state index is 0.213. The van der Waals surface area contributed by atoms with Crippen LogP contribution in [0.15, 0.2) is 36.8 Å². The highest BCUT2D eigenvalue weighted by atomic mass is 35.5. The maximum absolute atomic E-state index is 12.6. The van der Waals surface area contributed by atoms with E-state index in [-0.39, 0.29) is 5.78 Å². The topological polar surface area (TPSA) is 49.0 Å². The zero-order valence-electron chi connectivity index (χ0n) is 11.0. The van der Waals surface area contributed by atoms with Gasteiger partial charge in [-0.05, 0) is 18.2 Å². The largest absolute Gasteiger partial charge is 0.383 e. The summed E-state index contributed by atoms with van der Waals surface area (Å²) in [6.07, 6.45) is 4.96. The number of hydrogen-bond acceptors (Lipinski definition) is 3. The van der Waals surface area contributed by atoms with Crippen molar-refractivity contribution in [2.45, 2.75) is 0 Å². The van der Waals surface area contributed by atoms with Crippen molar-refractivity contribution in [1.82, 2.24) is 14.9 Å². The maximum Gasteiger partial charge on any atom is 0.199 e. The summed E-state index contributed by atoms with van der Waals surface area (Å²) in [6.45, 7) is 0. The van der Waals surface area contributed by atoms with Crippen molar-refractivity contribution in [1.29, 1.82) is 0 Å². The lowest BCUT2D eigenvalue weighted by Crippen LogP contribution is -2.10. The first kappa shape index (κ1) is 14.6. The number of aromatic nitrogens is 2. The van der Waals surface area contributed by atoms with Crippen LogP contribution in [0.5, 0.6) is 0 Å². The number of carbonyl (C=O) groups is 1. The maximum atomic E-state index is 12.6. The Labute approximate surface area is 127 Å². The van der Waals surface area contributed by atoms with E-state index in [9.17, 15) is 4.79 Å². The van der Waals surface area contributed by atoms with Gasteiger partial charge in [-0.15, -0.1) is 0 Å². The molecule has 1 aromatic heterocycles. The summed E-state index contributed by atoms with van der Waals surface area (Å²) in [5.41, 5.74) is 0.824. The molecule has 0 radical (unpaired) electrons. The first-order valence-electron chi connectivity index (χ1n) is 5.87. The highest BCUT2D eigenvalue weighted by Crippen LogP contribution is 2.26. The fourth-order valence-electron chi connectivity index (χ4n) is 1.72. The third-order valence-corrected chi connectivity index (χ3v) is 3.11. The first-order chi connectivity index (χ1) is 9.49. The minimum Gasteiger partial charge on any atom is -0.383 e. The predicted molar refractivity (Wildman–Crippen MR) is 81.0 cm³/mol. The van der Waals surface area contributed by atoms with Crippen molar-refractivity contribution in [3.63, 3.8) is 0 Å². The molecule has 0 bridgehead atoms. The Bertz CT molecular complexity index is 648. The number of nitrogens with one attached hydrogen (secondary N) is 1. The summed E-state index contributed by atoms with van der Waals surface area (Å²) in [6, 6.07) is 4.79. The average molecular weight is 310 g/mol. The SMILES string of the molecule is CN(C)/C=C(/C(=O)c1ccc(Cl)cc1Cl)c1ncc[nH]1. The highest BCUT2D eigenvalue weighted by Gasteiger charge is 2.19.